The molecule has 2 heterocycles. The van der Waals surface area contributed by atoms with Gasteiger partial charge in [0, 0.05) is 30.9 Å². The number of hydrogen-bond donors (Lipinski definition) is 3. The number of carbonyl (C=O) groups is 1. The van der Waals surface area contributed by atoms with Crippen LogP contribution in [0.3, 0.4) is 0 Å². The van der Waals surface area contributed by atoms with E-state index in [2.05, 4.69) is 15.4 Å². The van der Waals surface area contributed by atoms with Gasteiger partial charge in [-0.3, -0.25) is 14.0 Å². The first-order valence-electron chi connectivity index (χ1n) is 10.7. The van der Waals surface area contributed by atoms with Crippen molar-refractivity contribution in [3.8, 4) is 17.2 Å². The molecule has 0 aliphatic carbocycles. The summed E-state index contributed by atoms with van der Waals surface area (Å²) >= 11 is 0. The second-order valence-electron chi connectivity index (χ2n) is 7.70. The number of nitrogens with zero attached hydrogens (tertiary/aromatic N) is 3. The van der Waals surface area contributed by atoms with Crippen LogP contribution in [0, 0.1) is 0 Å². The third kappa shape index (κ3) is 10.2. The highest BCUT2D eigenvalue weighted by Crippen LogP contribution is 2.29. The number of hydrogen-bond acceptors (Lipinski definition) is 10. The normalized spacial score (nSPS) is 12.2. The average Bonchev–Trinajstić information content (AvgIpc) is 3.22. The quantitative estimate of drug-likeness (QED) is 0.327. The lowest BCUT2D eigenvalue weighted by Crippen LogP contribution is -2.17. The van der Waals surface area contributed by atoms with Crippen molar-refractivity contribution < 1.29 is 40.8 Å². The Bertz CT molecular complexity index is 1410. The molecule has 0 aliphatic rings. The molecular weight excluding hydrogens is 528 g/mol. The minimum Gasteiger partial charge on any atom is -0.488 e. The van der Waals surface area contributed by atoms with Gasteiger partial charge in [-0.1, -0.05) is 6.92 Å². The molecule has 0 fully saturated rings. The molecule has 1 atom stereocenters. The van der Waals surface area contributed by atoms with Gasteiger partial charge in [0.25, 0.3) is 16.0 Å². The van der Waals surface area contributed by atoms with E-state index in [-0.39, 0.29) is 34.4 Å². The van der Waals surface area contributed by atoms with Crippen molar-refractivity contribution >= 4 is 31.7 Å². The third-order valence-electron chi connectivity index (χ3n) is 4.34. The Morgan fingerprint density at radius 3 is 2.27 bits per heavy atom. The predicted octanol–water partition coefficient (Wildman–Crippen LogP) is 1.92. The van der Waals surface area contributed by atoms with Crippen LogP contribution in [-0.4, -0.2) is 71.9 Å². The highest BCUT2D eigenvalue weighted by molar-refractivity contribution is 7.91. The number of aryl methyl sites for hydroxylation is 1. The molecule has 3 N–H and O–H groups in total. The van der Waals surface area contributed by atoms with Crippen LogP contribution in [0.1, 0.15) is 24.2 Å². The Morgan fingerprint density at radius 2 is 1.76 bits per heavy atom. The number of benzene rings is 1. The summed E-state index contributed by atoms with van der Waals surface area (Å²) in [6.07, 6.45) is 3.20. The molecule has 1 aromatic carbocycles. The SMILES string of the molecule is CCS(=O)(=O)c1ccc(Oc2cc(O[C@@H](C)CO)cc(C(=O)Nc3ccn(C)n3)c2)cn1.CS(=O)(=O)O. The lowest BCUT2D eigenvalue weighted by atomic mass is 10.2. The molecule has 0 saturated heterocycles. The van der Waals surface area contributed by atoms with Crippen molar-refractivity contribution in [2.24, 2.45) is 7.05 Å². The van der Waals surface area contributed by atoms with E-state index in [1.807, 2.05) is 0 Å². The van der Waals surface area contributed by atoms with Crippen LogP contribution in [0.25, 0.3) is 0 Å². The van der Waals surface area contributed by atoms with Gasteiger partial charge in [0.15, 0.2) is 20.7 Å². The first kappa shape index (κ1) is 29.7. The molecule has 13 nitrogen and oxygen atoms in total. The smallest absolute Gasteiger partial charge is 0.261 e. The van der Waals surface area contributed by atoms with Gasteiger partial charge in [-0.05, 0) is 31.2 Å². The van der Waals surface area contributed by atoms with Crippen LogP contribution in [0.2, 0.25) is 0 Å². The van der Waals surface area contributed by atoms with Gasteiger partial charge in [0.05, 0.1) is 24.8 Å². The fourth-order valence-electron chi connectivity index (χ4n) is 2.66. The van der Waals surface area contributed by atoms with E-state index >= 15 is 0 Å². The van der Waals surface area contributed by atoms with Crippen LogP contribution in [0.5, 0.6) is 17.2 Å². The molecule has 0 aliphatic heterocycles. The Labute approximate surface area is 214 Å². The summed E-state index contributed by atoms with van der Waals surface area (Å²) in [6, 6.07) is 9.07. The first-order valence-corrected chi connectivity index (χ1v) is 14.2. The van der Waals surface area contributed by atoms with Gasteiger partial charge in [-0.25, -0.2) is 13.4 Å². The van der Waals surface area contributed by atoms with E-state index in [9.17, 15) is 26.7 Å². The third-order valence-corrected chi connectivity index (χ3v) is 5.97. The second kappa shape index (κ2) is 12.6. The molecular formula is C22H28N4O9S2. The van der Waals surface area contributed by atoms with Crippen molar-refractivity contribution in [2.75, 3.05) is 23.9 Å². The highest BCUT2D eigenvalue weighted by atomic mass is 32.2. The monoisotopic (exact) mass is 556 g/mol. The predicted molar refractivity (Wildman–Crippen MR) is 134 cm³/mol. The van der Waals surface area contributed by atoms with Crippen LogP contribution >= 0.6 is 0 Å². The van der Waals surface area contributed by atoms with Crippen molar-refractivity contribution in [2.45, 2.75) is 25.0 Å². The molecule has 0 unspecified atom stereocenters. The number of aliphatic hydroxyl groups is 1. The Kier molecular flexibility index (Phi) is 10.1. The summed E-state index contributed by atoms with van der Waals surface area (Å²) in [5, 5.41) is 16.0. The molecule has 0 saturated carbocycles. The van der Waals surface area contributed by atoms with E-state index in [0.29, 0.717) is 17.8 Å². The fourth-order valence-corrected chi connectivity index (χ4v) is 3.45. The maximum absolute atomic E-state index is 12.7. The number of amides is 1. The first-order chi connectivity index (χ1) is 17.2. The highest BCUT2D eigenvalue weighted by Gasteiger charge is 2.16. The maximum Gasteiger partial charge on any atom is 0.261 e. The molecule has 3 aromatic rings. The number of aliphatic hydroxyl groups excluding tert-OH is 1. The van der Waals surface area contributed by atoms with E-state index < -0.39 is 32.0 Å². The number of anilines is 1. The molecule has 15 heteroatoms. The molecule has 37 heavy (non-hydrogen) atoms. The molecule has 0 spiro atoms. The van der Waals surface area contributed by atoms with Crippen molar-refractivity contribution in [1.29, 1.82) is 0 Å². The van der Waals surface area contributed by atoms with Gasteiger partial charge in [-0.15, -0.1) is 0 Å². The standard InChI is InChI=1S/C21H24N4O6S.CH4O3S/c1-4-32(28,29)20-6-5-16(12-22-20)31-18-10-15(9-17(11-18)30-14(2)13-26)21(27)23-19-7-8-25(3)24-19;1-5(2,3)4/h5-12,14,26H,4,13H2,1-3H3,(H,23,24,27);1H3,(H,2,3,4)/t14-;/m0./s1. The summed E-state index contributed by atoms with van der Waals surface area (Å²) in [5.74, 6) is 0.755. The zero-order valence-electron chi connectivity index (χ0n) is 20.5. The van der Waals surface area contributed by atoms with Gasteiger partial charge >= 0.3 is 0 Å². The van der Waals surface area contributed by atoms with Crippen LogP contribution in [-0.2, 0) is 27.0 Å². The van der Waals surface area contributed by atoms with E-state index in [0.717, 1.165) is 0 Å². The van der Waals surface area contributed by atoms with Crippen molar-refractivity contribution in [3.05, 3.63) is 54.4 Å². The summed E-state index contributed by atoms with van der Waals surface area (Å²) < 4.78 is 62.7. The Morgan fingerprint density at radius 1 is 1.11 bits per heavy atom. The number of sulfone groups is 1. The van der Waals surface area contributed by atoms with Gasteiger partial charge in [0.2, 0.25) is 0 Å². The van der Waals surface area contributed by atoms with E-state index in [1.165, 1.54) is 37.4 Å². The van der Waals surface area contributed by atoms with Gasteiger partial charge < -0.3 is 19.9 Å². The van der Waals surface area contributed by atoms with E-state index in [1.54, 1.807) is 37.0 Å². The molecule has 202 valence electrons. The lowest BCUT2D eigenvalue weighted by Gasteiger charge is -2.15. The molecule has 3 rings (SSSR count). The number of rotatable bonds is 9. The van der Waals surface area contributed by atoms with Gasteiger partial charge in [0.1, 0.15) is 23.4 Å². The largest absolute Gasteiger partial charge is 0.488 e. The maximum atomic E-state index is 12.7. The van der Waals surface area contributed by atoms with Crippen molar-refractivity contribution in [1.82, 2.24) is 14.8 Å². The molecule has 0 radical (unpaired) electrons. The molecule has 1 amide bonds. The zero-order chi connectivity index (χ0) is 27.8. The number of aromatic nitrogens is 3. The minimum absolute atomic E-state index is 0.0448. The van der Waals surface area contributed by atoms with Gasteiger partial charge in [-0.2, -0.15) is 13.5 Å². The fraction of sp³-hybridized carbons (Fsp3) is 0.318. The van der Waals surface area contributed by atoms with Crippen LogP contribution in [0.4, 0.5) is 5.82 Å². The second-order valence-corrected chi connectivity index (χ2v) is 11.4. The number of nitrogens with one attached hydrogen (secondary N) is 1. The number of ether oxygens (including phenoxy) is 2. The Hall–Kier alpha value is -3.53. The average molecular weight is 557 g/mol. The zero-order valence-corrected chi connectivity index (χ0v) is 22.2. The number of carbonyl (C=O) groups excluding carboxylic acids is 1. The summed E-state index contributed by atoms with van der Waals surface area (Å²) in [7, 11) is -5.36. The summed E-state index contributed by atoms with van der Waals surface area (Å²) in [4.78, 5) is 16.7. The minimum atomic E-state index is -3.67. The van der Waals surface area contributed by atoms with E-state index in [4.69, 9.17) is 14.0 Å². The summed E-state index contributed by atoms with van der Waals surface area (Å²) in [6.45, 7) is 3.01. The van der Waals surface area contributed by atoms with Crippen molar-refractivity contribution in [3.63, 3.8) is 0 Å². The van der Waals surface area contributed by atoms with Crippen LogP contribution in [0.15, 0.2) is 53.8 Å². The van der Waals surface area contributed by atoms with Crippen LogP contribution < -0.4 is 14.8 Å². The molecule has 2 aromatic heterocycles. The molecule has 0 bridgehead atoms. The Balaban J connectivity index is 0.000000877. The number of pyridine rings is 1. The summed E-state index contributed by atoms with van der Waals surface area (Å²) in [5.41, 5.74) is 0.242. The topological polar surface area (TPSA) is 187 Å². The lowest BCUT2D eigenvalue weighted by molar-refractivity contribution is 0.102.